The van der Waals surface area contributed by atoms with Crippen LogP contribution in [0.15, 0.2) is 0 Å². The van der Waals surface area contributed by atoms with Crippen LogP contribution >= 0.6 is 0 Å². The SMILES string of the molecule is CCCCC(=O)NC(C)C#N. The number of nitrogens with one attached hydrogen (secondary N) is 1. The van der Waals surface area contributed by atoms with Gasteiger partial charge in [0, 0.05) is 6.42 Å². The van der Waals surface area contributed by atoms with Gasteiger partial charge in [-0.3, -0.25) is 4.79 Å². The number of carbonyl (C=O) groups is 1. The van der Waals surface area contributed by atoms with Crippen LogP contribution in [0.1, 0.15) is 33.1 Å². The Morgan fingerprint density at radius 2 is 2.36 bits per heavy atom. The van der Waals surface area contributed by atoms with Gasteiger partial charge >= 0.3 is 0 Å². The molecular formula is C8H14N2O. The maximum atomic E-state index is 10.9. The molecule has 0 radical (unpaired) electrons. The van der Waals surface area contributed by atoms with E-state index in [0.29, 0.717) is 6.42 Å². The number of nitriles is 1. The largest absolute Gasteiger partial charge is 0.341 e. The van der Waals surface area contributed by atoms with Crippen molar-refractivity contribution >= 4 is 5.91 Å². The molecular weight excluding hydrogens is 140 g/mol. The van der Waals surface area contributed by atoms with Gasteiger partial charge in [-0.25, -0.2) is 0 Å². The number of unbranched alkanes of at least 4 members (excludes halogenated alkanes) is 1. The van der Waals surface area contributed by atoms with Gasteiger partial charge in [0.05, 0.1) is 6.07 Å². The summed E-state index contributed by atoms with van der Waals surface area (Å²) in [7, 11) is 0. The first-order valence-electron chi connectivity index (χ1n) is 3.89. The lowest BCUT2D eigenvalue weighted by molar-refractivity contribution is -0.121. The van der Waals surface area contributed by atoms with Gasteiger partial charge in [-0.05, 0) is 13.3 Å². The van der Waals surface area contributed by atoms with Crippen LogP contribution in [-0.2, 0) is 4.79 Å². The lowest BCUT2D eigenvalue weighted by Gasteiger charge is -2.04. The van der Waals surface area contributed by atoms with Crippen molar-refractivity contribution < 1.29 is 4.79 Å². The summed E-state index contributed by atoms with van der Waals surface area (Å²) in [6, 6.07) is 1.58. The third-order valence-electron chi connectivity index (χ3n) is 1.33. The molecule has 0 aliphatic heterocycles. The lowest BCUT2D eigenvalue weighted by atomic mass is 10.2. The zero-order valence-corrected chi connectivity index (χ0v) is 7.05. The molecule has 62 valence electrons. The Hall–Kier alpha value is -1.04. The van der Waals surface area contributed by atoms with Crippen molar-refractivity contribution in [1.82, 2.24) is 5.32 Å². The van der Waals surface area contributed by atoms with E-state index >= 15 is 0 Å². The predicted octanol–water partition coefficient (Wildman–Crippen LogP) is 1.20. The number of nitrogens with zero attached hydrogens (tertiary/aromatic N) is 1. The third kappa shape index (κ3) is 5.41. The van der Waals surface area contributed by atoms with Crippen LogP contribution in [0.2, 0.25) is 0 Å². The number of amides is 1. The second-order valence-corrected chi connectivity index (χ2v) is 2.52. The first-order valence-corrected chi connectivity index (χ1v) is 3.89. The Bertz CT molecular complexity index is 160. The summed E-state index contributed by atoms with van der Waals surface area (Å²) >= 11 is 0. The molecule has 0 spiro atoms. The minimum absolute atomic E-state index is 0.0269. The Kier molecular flexibility index (Phi) is 5.18. The van der Waals surface area contributed by atoms with E-state index < -0.39 is 0 Å². The van der Waals surface area contributed by atoms with Crippen molar-refractivity contribution in [3.05, 3.63) is 0 Å². The molecule has 1 unspecified atom stereocenters. The molecule has 3 nitrogen and oxygen atoms in total. The van der Waals surface area contributed by atoms with Gasteiger partial charge in [-0.15, -0.1) is 0 Å². The summed E-state index contributed by atoms with van der Waals surface area (Å²) in [6.07, 6.45) is 2.43. The highest BCUT2D eigenvalue weighted by Gasteiger charge is 2.03. The summed E-state index contributed by atoms with van der Waals surface area (Å²) in [6.45, 7) is 3.70. The minimum atomic E-state index is -0.362. The first-order chi connectivity index (χ1) is 5.20. The molecule has 0 aromatic rings. The zero-order chi connectivity index (χ0) is 8.69. The number of rotatable bonds is 4. The second-order valence-electron chi connectivity index (χ2n) is 2.52. The molecule has 0 aromatic carbocycles. The molecule has 0 bridgehead atoms. The predicted molar refractivity (Wildman–Crippen MR) is 42.7 cm³/mol. The molecule has 0 saturated heterocycles. The standard InChI is InChI=1S/C8H14N2O/c1-3-4-5-8(11)10-7(2)6-9/h7H,3-5H2,1-2H3,(H,10,11). The van der Waals surface area contributed by atoms with Crippen LogP contribution in [0.4, 0.5) is 0 Å². The highest BCUT2D eigenvalue weighted by atomic mass is 16.1. The van der Waals surface area contributed by atoms with E-state index in [9.17, 15) is 4.79 Å². The van der Waals surface area contributed by atoms with E-state index in [1.165, 1.54) is 0 Å². The molecule has 0 saturated carbocycles. The topological polar surface area (TPSA) is 52.9 Å². The highest BCUT2D eigenvalue weighted by Crippen LogP contribution is 1.93. The highest BCUT2D eigenvalue weighted by molar-refractivity contribution is 5.76. The minimum Gasteiger partial charge on any atom is -0.341 e. The Labute approximate surface area is 67.4 Å². The fourth-order valence-electron chi connectivity index (χ4n) is 0.683. The molecule has 3 heteroatoms. The van der Waals surface area contributed by atoms with Crippen LogP contribution in [0, 0.1) is 11.3 Å². The third-order valence-corrected chi connectivity index (χ3v) is 1.33. The first kappa shape index (κ1) is 9.96. The molecule has 11 heavy (non-hydrogen) atoms. The number of carbonyl (C=O) groups excluding carboxylic acids is 1. The van der Waals surface area contributed by atoms with E-state index in [2.05, 4.69) is 5.32 Å². The van der Waals surface area contributed by atoms with Gasteiger partial charge < -0.3 is 5.32 Å². The van der Waals surface area contributed by atoms with Crippen LogP contribution < -0.4 is 5.32 Å². The molecule has 1 atom stereocenters. The van der Waals surface area contributed by atoms with E-state index in [1.54, 1.807) is 6.92 Å². The quantitative estimate of drug-likeness (QED) is 0.661. The van der Waals surface area contributed by atoms with Crippen molar-refractivity contribution in [1.29, 1.82) is 5.26 Å². The van der Waals surface area contributed by atoms with E-state index in [-0.39, 0.29) is 11.9 Å². The summed E-state index contributed by atoms with van der Waals surface area (Å²) in [4.78, 5) is 10.9. The van der Waals surface area contributed by atoms with Crippen molar-refractivity contribution in [2.75, 3.05) is 0 Å². The molecule has 1 N–H and O–H groups in total. The monoisotopic (exact) mass is 154 g/mol. The van der Waals surface area contributed by atoms with Crippen molar-refractivity contribution in [2.45, 2.75) is 39.2 Å². The van der Waals surface area contributed by atoms with Crippen LogP contribution in [0.3, 0.4) is 0 Å². The van der Waals surface area contributed by atoms with E-state index in [1.807, 2.05) is 13.0 Å². The molecule has 0 rings (SSSR count). The van der Waals surface area contributed by atoms with Gasteiger partial charge in [0.1, 0.15) is 6.04 Å². The fourth-order valence-corrected chi connectivity index (χ4v) is 0.683. The van der Waals surface area contributed by atoms with Crippen LogP contribution in [0.5, 0.6) is 0 Å². The molecule has 0 aliphatic carbocycles. The molecule has 0 heterocycles. The summed E-state index contributed by atoms with van der Waals surface area (Å²) < 4.78 is 0. The average Bonchev–Trinajstić information content (AvgIpc) is 2.00. The van der Waals surface area contributed by atoms with Gasteiger partial charge in [-0.1, -0.05) is 13.3 Å². The number of hydrogen-bond donors (Lipinski definition) is 1. The number of hydrogen-bond acceptors (Lipinski definition) is 2. The Morgan fingerprint density at radius 1 is 1.73 bits per heavy atom. The van der Waals surface area contributed by atoms with Gasteiger partial charge in [0.2, 0.25) is 5.91 Å². The molecule has 1 amide bonds. The van der Waals surface area contributed by atoms with Gasteiger partial charge in [0.25, 0.3) is 0 Å². The lowest BCUT2D eigenvalue weighted by Crippen LogP contribution is -2.30. The van der Waals surface area contributed by atoms with E-state index in [4.69, 9.17) is 5.26 Å². The molecule has 0 aromatic heterocycles. The van der Waals surface area contributed by atoms with Crippen LogP contribution in [0.25, 0.3) is 0 Å². The van der Waals surface area contributed by atoms with Gasteiger partial charge in [0.15, 0.2) is 0 Å². The average molecular weight is 154 g/mol. The fraction of sp³-hybridized carbons (Fsp3) is 0.750. The van der Waals surface area contributed by atoms with E-state index in [0.717, 1.165) is 12.8 Å². The van der Waals surface area contributed by atoms with Crippen LogP contribution in [-0.4, -0.2) is 11.9 Å². The van der Waals surface area contributed by atoms with Crippen molar-refractivity contribution in [2.24, 2.45) is 0 Å². The molecule has 0 aliphatic rings. The second kappa shape index (κ2) is 5.72. The normalized spacial score (nSPS) is 11.7. The summed E-state index contributed by atoms with van der Waals surface area (Å²) in [5, 5.41) is 10.9. The maximum absolute atomic E-state index is 10.9. The molecule has 0 fully saturated rings. The Morgan fingerprint density at radius 3 is 2.82 bits per heavy atom. The van der Waals surface area contributed by atoms with Gasteiger partial charge in [-0.2, -0.15) is 5.26 Å². The van der Waals surface area contributed by atoms with Crippen molar-refractivity contribution in [3.8, 4) is 6.07 Å². The Balaban J connectivity index is 3.46. The smallest absolute Gasteiger partial charge is 0.221 e. The summed E-state index contributed by atoms with van der Waals surface area (Å²) in [5.41, 5.74) is 0. The zero-order valence-electron chi connectivity index (χ0n) is 7.05. The summed E-state index contributed by atoms with van der Waals surface area (Å²) in [5.74, 6) is -0.0269. The maximum Gasteiger partial charge on any atom is 0.221 e. The van der Waals surface area contributed by atoms with Crippen molar-refractivity contribution in [3.63, 3.8) is 0 Å².